The molecule has 2 aromatic heterocycles. The van der Waals surface area contributed by atoms with Gasteiger partial charge in [0, 0.05) is 32.9 Å². The molecule has 2 heterocycles. The van der Waals surface area contributed by atoms with E-state index in [2.05, 4.69) is 191 Å². The summed E-state index contributed by atoms with van der Waals surface area (Å²) in [4.78, 5) is 0. The summed E-state index contributed by atoms with van der Waals surface area (Å²) >= 11 is 0. The van der Waals surface area contributed by atoms with Crippen molar-refractivity contribution in [1.29, 1.82) is 0 Å². The van der Waals surface area contributed by atoms with Gasteiger partial charge in [-0.15, -0.1) is 0 Å². The Morgan fingerprint density at radius 1 is 0.260 bits per heavy atom. The molecule has 0 aliphatic rings. The molecule has 2 nitrogen and oxygen atoms in total. The molecule has 0 amide bonds. The lowest BCUT2D eigenvalue weighted by molar-refractivity contribution is 1.18. The minimum absolute atomic E-state index is 1.16. The maximum Gasteiger partial charge on any atom is 0.0541 e. The maximum atomic E-state index is 2.42. The molecule has 0 bridgehead atoms. The summed E-state index contributed by atoms with van der Waals surface area (Å²) < 4.78 is 4.80. The minimum atomic E-state index is 1.16. The highest BCUT2D eigenvalue weighted by molar-refractivity contribution is 6.28. The van der Waals surface area contributed by atoms with Crippen molar-refractivity contribution in [3.63, 3.8) is 0 Å². The van der Waals surface area contributed by atoms with Gasteiger partial charge in [-0.25, -0.2) is 0 Å². The van der Waals surface area contributed by atoms with Crippen LogP contribution in [0, 0.1) is 0 Å². The molecule has 11 rings (SSSR count). The van der Waals surface area contributed by atoms with Gasteiger partial charge in [0.2, 0.25) is 0 Å². The third-order valence-corrected chi connectivity index (χ3v) is 10.7. The lowest BCUT2D eigenvalue weighted by atomic mass is 9.89. The molecule has 9 aromatic carbocycles. The van der Waals surface area contributed by atoms with E-state index in [0.717, 1.165) is 5.69 Å². The molecule has 232 valence electrons. The van der Waals surface area contributed by atoms with E-state index < -0.39 is 0 Å². The van der Waals surface area contributed by atoms with E-state index >= 15 is 0 Å². The largest absolute Gasteiger partial charge is 0.309 e. The Hall–Kier alpha value is -6.64. The molecule has 0 fully saturated rings. The predicted octanol–water partition coefficient (Wildman–Crippen LogP) is 13.0. The Balaban J connectivity index is 1.14. The standard InChI is InChI=1S/C48H30N2/c1-2-17-41-35(12-1)36-29-28-33(50-46-22-9-5-15-39(46)40-16-6-10-23-47(40)50)30-43(36)42-19-11-18-34(48(41)42)31-24-26-32(27-25-31)49-44-20-7-3-13-37(44)38-14-4-8-21-45(38)49/h1-30H. The average Bonchev–Trinajstić information content (AvgIpc) is 3.71. The lowest BCUT2D eigenvalue weighted by Crippen LogP contribution is -1.95. The first kappa shape index (κ1) is 27.3. The van der Waals surface area contributed by atoms with Gasteiger partial charge < -0.3 is 9.13 Å². The molecule has 0 atom stereocenters. The fourth-order valence-corrected chi connectivity index (χ4v) is 8.56. The van der Waals surface area contributed by atoms with E-state index in [0.29, 0.717) is 0 Å². The van der Waals surface area contributed by atoms with E-state index in [-0.39, 0.29) is 0 Å². The zero-order valence-electron chi connectivity index (χ0n) is 27.2. The molecule has 11 aromatic rings. The Morgan fingerprint density at radius 2 is 0.660 bits per heavy atom. The van der Waals surface area contributed by atoms with Crippen molar-refractivity contribution in [2.24, 2.45) is 0 Å². The summed E-state index contributed by atoms with van der Waals surface area (Å²) in [5.74, 6) is 0. The minimum Gasteiger partial charge on any atom is -0.309 e. The highest BCUT2D eigenvalue weighted by atomic mass is 15.0. The van der Waals surface area contributed by atoms with Gasteiger partial charge in [-0.1, -0.05) is 133 Å². The van der Waals surface area contributed by atoms with Crippen LogP contribution in [-0.4, -0.2) is 9.13 Å². The normalized spacial score (nSPS) is 12.0. The van der Waals surface area contributed by atoms with Crippen molar-refractivity contribution >= 4 is 75.9 Å². The van der Waals surface area contributed by atoms with Crippen LogP contribution in [0.15, 0.2) is 182 Å². The van der Waals surface area contributed by atoms with Crippen LogP contribution in [0.1, 0.15) is 0 Å². The number of fused-ring (bicyclic) bond motifs is 12. The van der Waals surface area contributed by atoms with Crippen LogP contribution in [-0.2, 0) is 0 Å². The van der Waals surface area contributed by atoms with Crippen LogP contribution in [0.4, 0.5) is 0 Å². The van der Waals surface area contributed by atoms with Crippen LogP contribution in [0.25, 0.3) is 98.4 Å². The Kier molecular flexibility index (Phi) is 5.70. The van der Waals surface area contributed by atoms with E-state index in [9.17, 15) is 0 Å². The summed E-state index contributed by atoms with van der Waals surface area (Å²) in [6.07, 6.45) is 0. The quantitative estimate of drug-likeness (QED) is 0.171. The van der Waals surface area contributed by atoms with Gasteiger partial charge in [0.1, 0.15) is 0 Å². The maximum absolute atomic E-state index is 2.42. The Labute approximate surface area is 288 Å². The summed E-state index contributed by atoms with van der Waals surface area (Å²) in [6, 6.07) is 66.7. The monoisotopic (exact) mass is 634 g/mol. The number of para-hydroxylation sites is 4. The molecule has 0 radical (unpaired) electrons. The molecular weight excluding hydrogens is 605 g/mol. The van der Waals surface area contributed by atoms with E-state index in [1.807, 2.05) is 0 Å². The van der Waals surface area contributed by atoms with Crippen LogP contribution in [0.3, 0.4) is 0 Å². The fraction of sp³-hybridized carbons (Fsp3) is 0. The summed E-state index contributed by atoms with van der Waals surface area (Å²) in [5, 5.41) is 12.8. The topological polar surface area (TPSA) is 9.86 Å². The van der Waals surface area contributed by atoms with Crippen LogP contribution < -0.4 is 0 Å². The number of nitrogens with zero attached hydrogens (tertiary/aromatic N) is 2. The van der Waals surface area contributed by atoms with Gasteiger partial charge in [-0.2, -0.15) is 0 Å². The second-order valence-electron chi connectivity index (χ2n) is 13.3. The molecule has 0 N–H and O–H groups in total. The van der Waals surface area contributed by atoms with Gasteiger partial charge in [0.05, 0.1) is 22.1 Å². The summed E-state index contributed by atoms with van der Waals surface area (Å²) in [7, 11) is 0. The molecule has 0 saturated heterocycles. The van der Waals surface area contributed by atoms with Gasteiger partial charge in [0.25, 0.3) is 0 Å². The summed E-state index contributed by atoms with van der Waals surface area (Å²) in [6.45, 7) is 0. The zero-order chi connectivity index (χ0) is 32.8. The molecule has 0 spiro atoms. The third kappa shape index (κ3) is 3.79. The fourth-order valence-electron chi connectivity index (χ4n) is 8.56. The van der Waals surface area contributed by atoms with Crippen LogP contribution in [0.5, 0.6) is 0 Å². The molecule has 0 saturated carbocycles. The van der Waals surface area contributed by atoms with Gasteiger partial charge in [-0.05, 0) is 92.0 Å². The number of rotatable bonds is 3. The molecule has 0 aliphatic heterocycles. The zero-order valence-corrected chi connectivity index (χ0v) is 27.2. The van der Waals surface area contributed by atoms with Crippen molar-refractivity contribution in [3.8, 4) is 22.5 Å². The Morgan fingerprint density at radius 3 is 1.22 bits per heavy atom. The van der Waals surface area contributed by atoms with Crippen LogP contribution >= 0.6 is 0 Å². The van der Waals surface area contributed by atoms with Crippen molar-refractivity contribution in [2.45, 2.75) is 0 Å². The smallest absolute Gasteiger partial charge is 0.0541 e. The van der Waals surface area contributed by atoms with Crippen LogP contribution in [0.2, 0.25) is 0 Å². The number of aromatic nitrogens is 2. The second kappa shape index (κ2) is 10.4. The number of hydrogen-bond acceptors (Lipinski definition) is 0. The highest BCUT2D eigenvalue weighted by Gasteiger charge is 2.17. The van der Waals surface area contributed by atoms with E-state index in [4.69, 9.17) is 0 Å². The third-order valence-electron chi connectivity index (χ3n) is 10.7. The van der Waals surface area contributed by atoms with Crippen molar-refractivity contribution < 1.29 is 0 Å². The van der Waals surface area contributed by atoms with Crippen molar-refractivity contribution in [3.05, 3.63) is 182 Å². The SMILES string of the molecule is c1ccc2c(c1)c1ccc(-n3c4ccccc4c4ccccc43)cc1c1cccc(-c3ccc(-n4c5ccccc5c5ccccc54)cc3)c21. The van der Waals surface area contributed by atoms with E-state index in [1.54, 1.807) is 0 Å². The Bertz CT molecular complexity index is 3030. The first-order chi connectivity index (χ1) is 24.8. The van der Waals surface area contributed by atoms with Gasteiger partial charge >= 0.3 is 0 Å². The first-order valence-electron chi connectivity index (χ1n) is 17.3. The molecule has 2 heteroatoms. The number of benzene rings is 9. The van der Waals surface area contributed by atoms with Gasteiger partial charge in [0.15, 0.2) is 0 Å². The highest BCUT2D eigenvalue weighted by Crippen LogP contribution is 2.42. The van der Waals surface area contributed by atoms with Crippen molar-refractivity contribution in [2.75, 3.05) is 0 Å². The molecular formula is C48H30N2. The second-order valence-corrected chi connectivity index (χ2v) is 13.3. The summed E-state index contributed by atoms with van der Waals surface area (Å²) in [5.41, 5.74) is 9.69. The van der Waals surface area contributed by atoms with E-state index in [1.165, 1.54) is 92.7 Å². The predicted molar refractivity (Wildman–Crippen MR) is 213 cm³/mol. The molecule has 50 heavy (non-hydrogen) atoms. The number of hydrogen-bond donors (Lipinski definition) is 0. The lowest BCUT2D eigenvalue weighted by Gasteiger charge is -2.16. The van der Waals surface area contributed by atoms with Crippen molar-refractivity contribution in [1.82, 2.24) is 9.13 Å². The van der Waals surface area contributed by atoms with Gasteiger partial charge in [-0.3, -0.25) is 0 Å². The average molecular weight is 635 g/mol. The molecule has 0 unspecified atom stereocenters. The molecule has 0 aliphatic carbocycles. The first-order valence-corrected chi connectivity index (χ1v) is 17.3.